The molecule has 1 nitrogen and oxygen atoms in total. The fourth-order valence-corrected chi connectivity index (χ4v) is 1.48. The lowest BCUT2D eigenvalue weighted by atomic mass is 10.1. The third-order valence-corrected chi connectivity index (χ3v) is 2.86. The zero-order chi connectivity index (χ0) is 11.4. The van der Waals surface area contributed by atoms with Gasteiger partial charge in [0.1, 0.15) is 5.82 Å². The van der Waals surface area contributed by atoms with Gasteiger partial charge in [-0.05, 0) is 51.1 Å². The quantitative estimate of drug-likeness (QED) is 0.765. The molecule has 84 valence electrons. The van der Waals surface area contributed by atoms with Crippen molar-refractivity contribution in [2.75, 3.05) is 13.6 Å². The lowest BCUT2D eigenvalue weighted by Gasteiger charge is -2.20. The molecule has 0 unspecified atom stereocenters. The van der Waals surface area contributed by atoms with E-state index in [0.29, 0.717) is 23.0 Å². The second-order valence-corrected chi connectivity index (χ2v) is 4.50. The van der Waals surface area contributed by atoms with Crippen LogP contribution in [0.3, 0.4) is 0 Å². The minimum Gasteiger partial charge on any atom is -0.304 e. The summed E-state index contributed by atoms with van der Waals surface area (Å²) in [7, 11) is 2.03. The Labute approximate surface area is 95.8 Å². The summed E-state index contributed by atoms with van der Waals surface area (Å²) in [5.74, 6) is -0.170. The van der Waals surface area contributed by atoms with E-state index in [1.807, 2.05) is 7.05 Å². The van der Waals surface area contributed by atoms with Crippen LogP contribution >= 0.6 is 11.6 Å². The van der Waals surface area contributed by atoms with Crippen LogP contribution in [0.5, 0.6) is 0 Å². The SMILES string of the molecule is CC(C)N(C)CCc1cc(Cl)ccc1F. The van der Waals surface area contributed by atoms with Crippen molar-refractivity contribution in [1.29, 1.82) is 0 Å². The maximum absolute atomic E-state index is 13.3. The van der Waals surface area contributed by atoms with Gasteiger partial charge in [-0.1, -0.05) is 11.6 Å². The van der Waals surface area contributed by atoms with Gasteiger partial charge in [0.15, 0.2) is 0 Å². The molecule has 1 aromatic carbocycles. The molecule has 0 radical (unpaired) electrons. The highest BCUT2D eigenvalue weighted by Gasteiger charge is 2.06. The van der Waals surface area contributed by atoms with Crippen molar-refractivity contribution in [2.45, 2.75) is 26.3 Å². The van der Waals surface area contributed by atoms with Crippen LogP contribution in [-0.4, -0.2) is 24.5 Å². The van der Waals surface area contributed by atoms with Crippen LogP contribution in [0.1, 0.15) is 19.4 Å². The number of benzene rings is 1. The summed E-state index contributed by atoms with van der Waals surface area (Å²) in [6, 6.07) is 5.18. The smallest absolute Gasteiger partial charge is 0.126 e. The van der Waals surface area contributed by atoms with Gasteiger partial charge >= 0.3 is 0 Å². The van der Waals surface area contributed by atoms with Gasteiger partial charge in [0.2, 0.25) is 0 Å². The number of hydrogen-bond acceptors (Lipinski definition) is 1. The van der Waals surface area contributed by atoms with Crippen LogP contribution in [-0.2, 0) is 6.42 Å². The van der Waals surface area contributed by atoms with E-state index < -0.39 is 0 Å². The lowest BCUT2D eigenvalue weighted by Crippen LogP contribution is -2.28. The molecular formula is C12H17ClFN. The van der Waals surface area contributed by atoms with Gasteiger partial charge in [-0.25, -0.2) is 4.39 Å². The fraction of sp³-hybridized carbons (Fsp3) is 0.500. The first-order valence-corrected chi connectivity index (χ1v) is 5.52. The normalized spacial score (nSPS) is 11.4. The Morgan fingerprint density at radius 1 is 1.40 bits per heavy atom. The van der Waals surface area contributed by atoms with E-state index in [0.717, 1.165) is 6.54 Å². The van der Waals surface area contributed by atoms with Gasteiger partial charge in [-0.3, -0.25) is 0 Å². The van der Waals surface area contributed by atoms with E-state index in [9.17, 15) is 4.39 Å². The third kappa shape index (κ3) is 3.80. The summed E-state index contributed by atoms with van der Waals surface area (Å²) in [6.07, 6.45) is 0.696. The first-order valence-electron chi connectivity index (χ1n) is 5.15. The van der Waals surface area contributed by atoms with Gasteiger partial charge in [-0.2, -0.15) is 0 Å². The minimum atomic E-state index is -0.170. The first-order chi connectivity index (χ1) is 7.00. The van der Waals surface area contributed by atoms with Gasteiger partial charge in [0, 0.05) is 17.6 Å². The van der Waals surface area contributed by atoms with Crippen molar-refractivity contribution in [3.63, 3.8) is 0 Å². The molecule has 0 aromatic heterocycles. The maximum Gasteiger partial charge on any atom is 0.126 e. The van der Waals surface area contributed by atoms with Crippen molar-refractivity contribution in [1.82, 2.24) is 4.90 Å². The Bertz CT molecular complexity index is 325. The molecule has 0 heterocycles. The standard InChI is InChI=1S/C12H17ClFN/c1-9(2)15(3)7-6-10-8-11(13)4-5-12(10)14/h4-5,8-9H,6-7H2,1-3H3. The van der Waals surface area contributed by atoms with Gasteiger partial charge < -0.3 is 4.90 Å². The molecule has 0 aliphatic heterocycles. The second-order valence-electron chi connectivity index (χ2n) is 4.06. The zero-order valence-corrected chi connectivity index (χ0v) is 10.2. The second kappa shape index (κ2) is 5.47. The molecule has 1 rings (SSSR count). The Kier molecular flexibility index (Phi) is 4.55. The third-order valence-electron chi connectivity index (χ3n) is 2.62. The molecular weight excluding hydrogens is 213 g/mol. The van der Waals surface area contributed by atoms with Crippen molar-refractivity contribution in [2.24, 2.45) is 0 Å². The van der Waals surface area contributed by atoms with Crippen LogP contribution in [0, 0.1) is 5.82 Å². The molecule has 0 aliphatic carbocycles. The van der Waals surface area contributed by atoms with E-state index in [1.54, 1.807) is 12.1 Å². The van der Waals surface area contributed by atoms with Crippen LogP contribution in [0.15, 0.2) is 18.2 Å². The van der Waals surface area contributed by atoms with Crippen LogP contribution in [0.25, 0.3) is 0 Å². The molecule has 0 amide bonds. The highest BCUT2D eigenvalue weighted by atomic mass is 35.5. The molecule has 0 atom stereocenters. The largest absolute Gasteiger partial charge is 0.304 e. The van der Waals surface area contributed by atoms with E-state index >= 15 is 0 Å². The van der Waals surface area contributed by atoms with E-state index in [1.165, 1.54) is 6.07 Å². The first kappa shape index (κ1) is 12.5. The summed E-state index contributed by atoms with van der Waals surface area (Å²) < 4.78 is 13.3. The molecule has 1 aromatic rings. The van der Waals surface area contributed by atoms with E-state index in [2.05, 4.69) is 18.7 Å². The lowest BCUT2D eigenvalue weighted by molar-refractivity contribution is 0.276. The maximum atomic E-state index is 13.3. The predicted molar refractivity (Wildman–Crippen MR) is 62.9 cm³/mol. The predicted octanol–water partition coefficient (Wildman–Crippen LogP) is 3.36. The summed E-state index contributed by atoms with van der Waals surface area (Å²) >= 11 is 5.81. The van der Waals surface area contributed by atoms with Crippen molar-refractivity contribution >= 4 is 11.6 Å². The molecule has 15 heavy (non-hydrogen) atoms. The summed E-state index contributed by atoms with van der Waals surface area (Å²) in [6.45, 7) is 5.08. The molecule has 0 spiro atoms. The van der Waals surface area contributed by atoms with Gasteiger partial charge in [-0.15, -0.1) is 0 Å². The molecule has 3 heteroatoms. The van der Waals surface area contributed by atoms with Crippen molar-refractivity contribution in [3.05, 3.63) is 34.6 Å². The summed E-state index contributed by atoms with van der Waals surface area (Å²) in [5, 5.41) is 0.596. The van der Waals surface area contributed by atoms with Crippen molar-refractivity contribution in [3.8, 4) is 0 Å². The minimum absolute atomic E-state index is 0.170. The van der Waals surface area contributed by atoms with Crippen molar-refractivity contribution < 1.29 is 4.39 Å². The monoisotopic (exact) mass is 229 g/mol. The van der Waals surface area contributed by atoms with Gasteiger partial charge in [0.05, 0.1) is 0 Å². The summed E-state index contributed by atoms with van der Waals surface area (Å²) in [4.78, 5) is 2.18. The van der Waals surface area contributed by atoms with Crippen LogP contribution < -0.4 is 0 Å². The molecule has 0 aliphatic rings. The number of nitrogens with zero attached hydrogens (tertiary/aromatic N) is 1. The number of likely N-dealkylation sites (N-methyl/N-ethyl adjacent to an activating group) is 1. The Balaban J connectivity index is 2.61. The number of rotatable bonds is 4. The molecule has 0 N–H and O–H groups in total. The Morgan fingerprint density at radius 2 is 2.07 bits per heavy atom. The van der Waals surface area contributed by atoms with Crippen LogP contribution in [0.4, 0.5) is 4.39 Å². The zero-order valence-electron chi connectivity index (χ0n) is 9.43. The summed E-state index contributed by atoms with van der Waals surface area (Å²) in [5.41, 5.74) is 0.690. The highest BCUT2D eigenvalue weighted by Crippen LogP contribution is 2.15. The highest BCUT2D eigenvalue weighted by molar-refractivity contribution is 6.30. The average molecular weight is 230 g/mol. The fourth-order valence-electron chi connectivity index (χ4n) is 1.29. The Hall–Kier alpha value is -0.600. The average Bonchev–Trinajstić information content (AvgIpc) is 2.18. The number of hydrogen-bond donors (Lipinski definition) is 0. The number of halogens is 2. The molecule has 0 bridgehead atoms. The van der Waals surface area contributed by atoms with E-state index in [4.69, 9.17) is 11.6 Å². The molecule has 0 saturated heterocycles. The topological polar surface area (TPSA) is 3.24 Å². The van der Waals surface area contributed by atoms with Gasteiger partial charge in [0.25, 0.3) is 0 Å². The van der Waals surface area contributed by atoms with Crippen LogP contribution in [0.2, 0.25) is 5.02 Å². The van der Waals surface area contributed by atoms with E-state index in [-0.39, 0.29) is 5.82 Å². The molecule has 0 fully saturated rings. The Morgan fingerprint density at radius 3 is 2.67 bits per heavy atom. The molecule has 0 saturated carbocycles.